The van der Waals surface area contributed by atoms with Crippen molar-refractivity contribution in [1.29, 1.82) is 0 Å². The second kappa shape index (κ2) is 10.6. The highest BCUT2D eigenvalue weighted by Gasteiger charge is 2.21. The average Bonchev–Trinajstić information content (AvgIpc) is 3.54. The van der Waals surface area contributed by atoms with Gasteiger partial charge in [-0.05, 0) is 64.0 Å². The van der Waals surface area contributed by atoms with Crippen LogP contribution in [0.3, 0.4) is 0 Å². The number of nitrogens with one attached hydrogen (secondary N) is 1. The zero-order valence-electron chi connectivity index (χ0n) is 22.6. The van der Waals surface area contributed by atoms with Gasteiger partial charge in [0.2, 0.25) is 5.89 Å². The lowest BCUT2D eigenvalue weighted by atomic mass is 10.0. The first-order valence-electron chi connectivity index (χ1n) is 13.4. The molecule has 200 valence electrons. The van der Waals surface area contributed by atoms with Gasteiger partial charge in [0.05, 0.1) is 22.7 Å². The number of aryl methyl sites for hydroxylation is 1. The molecular weight excluding hydrogens is 480 g/mol. The number of aliphatic hydroxyl groups is 1. The van der Waals surface area contributed by atoms with E-state index in [0.717, 1.165) is 54.2 Å². The fourth-order valence-corrected chi connectivity index (χ4v) is 4.72. The highest BCUT2D eigenvalue weighted by Crippen LogP contribution is 2.31. The Balaban J connectivity index is 1.42. The Morgan fingerprint density at radius 2 is 1.95 bits per heavy atom. The molecule has 0 unspecified atom stereocenters. The summed E-state index contributed by atoms with van der Waals surface area (Å²) in [5, 5.41) is 13.2. The number of amides is 1. The maximum atomic E-state index is 13.3. The number of imidazole rings is 1. The zero-order valence-corrected chi connectivity index (χ0v) is 22.6. The minimum Gasteiger partial charge on any atom is -0.444 e. The third kappa shape index (κ3) is 5.88. The number of rotatable bonds is 8. The molecule has 1 aliphatic rings. The molecule has 38 heavy (non-hydrogen) atoms. The average molecular weight is 517 g/mol. The SMILES string of the molecule is CC(C)c1cc(-c2nc(C(=O)Nc3cn4cc(CCC(C)(C)O)nc4cc3N3CCCCC3)co2)ccn1. The highest BCUT2D eigenvalue weighted by atomic mass is 16.3. The third-order valence-corrected chi connectivity index (χ3v) is 6.92. The van der Waals surface area contributed by atoms with Crippen LogP contribution < -0.4 is 10.2 Å². The largest absolute Gasteiger partial charge is 0.444 e. The molecule has 0 radical (unpaired) electrons. The smallest absolute Gasteiger partial charge is 0.277 e. The summed E-state index contributed by atoms with van der Waals surface area (Å²) in [6.07, 6.45) is 11.7. The summed E-state index contributed by atoms with van der Waals surface area (Å²) in [4.78, 5) is 29.3. The van der Waals surface area contributed by atoms with Crippen molar-refractivity contribution in [3.63, 3.8) is 0 Å². The van der Waals surface area contributed by atoms with Gasteiger partial charge in [-0.1, -0.05) is 13.8 Å². The van der Waals surface area contributed by atoms with Gasteiger partial charge in [0.15, 0.2) is 5.69 Å². The Labute approximate surface area is 222 Å². The molecule has 1 amide bonds. The summed E-state index contributed by atoms with van der Waals surface area (Å²) in [6.45, 7) is 9.62. The predicted octanol–water partition coefficient (Wildman–Crippen LogP) is 5.45. The van der Waals surface area contributed by atoms with Crippen LogP contribution in [-0.4, -0.2) is 49.1 Å². The van der Waals surface area contributed by atoms with Gasteiger partial charge in [0.25, 0.3) is 5.91 Å². The van der Waals surface area contributed by atoms with Crippen molar-refractivity contribution in [2.75, 3.05) is 23.3 Å². The van der Waals surface area contributed by atoms with E-state index in [1.165, 1.54) is 12.7 Å². The van der Waals surface area contributed by atoms with Crippen molar-refractivity contribution in [2.45, 2.75) is 71.3 Å². The number of carbonyl (C=O) groups excluding carboxylic acids is 1. The van der Waals surface area contributed by atoms with Gasteiger partial charge < -0.3 is 24.1 Å². The molecule has 4 aromatic rings. The molecule has 1 aliphatic heterocycles. The van der Waals surface area contributed by atoms with Crippen molar-refractivity contribution < 1.29 is 14.3 Å². The fraction of sp³-hybridized carbons (Fsp3) is 0.448. The molecule has 5 heterocycles. The maximum absolute atomic E-state index is 13.3. The first-order valence-corrected chi connectivity index (χ1v) is 13.4. The number of carbonyl (C=O) groups is 1. The Bertz CT molecular complexity index is 1430. The maximum Gasteiger partial charge on any atom is 0.277 e. The van der Waals surface area contributed by atoms with E-state index in [-0.39, 0.29) is 17.5 Å². The Hall–Kier alpha value is -3.72. The van der Waals surface area contributed by atoms with E-state index in [9.17, 15) is 9.90 Å². The Morgan fingerprint density at radius 3 is 2.68 bits per heavy atom. The van der Waals surface area contributed by atoms with Crippen molar-refractivity contribution in [3.05, 3.63) is 60.1 Å². The van der Waals surface area contributed by atoms with Crippen LogP contribution in [0.1, 0.15) is 81.2 Å². The number of piperidine rings is 1. The van der Waals surface area contributed by atoms with E-state index in [2.05, 4.69) is 34.0 Å². The summed E-state index contributed by atoms with van der Waals surface area (Å²) < 4.78 is 7.60. The topological polar surface area (TPSA) is 109 Å². The minimum atomic E-state index is -0.753. The number of anilines is 2. The van der Waals surface area contributed by atoms with Crippen LogP contribution in [0.5, 0.6) is 0 Å². The molecule has 1 fully saturated rings. The van der Waals surface area contributed by atoms with E-state index in [4.69, 9.17) is 9.40 Å². The van der Waals surface area contributed by atoms with Crippen LogP contribution in [-0.2, 0) is 6.42 Å². The molecular formula is C29H36N6O3. The summed E-state index contributed by atoms with van der Waals surface area (Å²) in [5.74, 6) is 0.324. The normalized spacial score (nSPS) is 14.4. The fourth-order valence-electron chi connectivity index (χ4n) is 4.72. The molecule has 9 nitrogen and oxygen atoms in total. The van der Waals surface area contributed by atoms with Crippen LogP contribution in [0.4, 0.5) is 11.4 Å². The van der Waals surface area contributed by atoms with E-state index < -0.39 is 5.60 Å². The molecule has 0 atom stereocenters. The summed E-state index contributed by atoms with van der Waals surface area (Å²) in [6, 6.07) is 5.80. The Morgan fingerprint density at radius 1 is 1.16 bits per heavy atom. The molecule has 0 spiro atoms. The quantitative estimate of drug-likeness (QED) is 0.320. The van der Waals surface area contributed by atoms with Gasteiger partial charge in [0, 0.05) is 49.0 Å². The number of aromatic nitrogens is 4. The van der Waals surface area contributed by atoms with Crippen LogP contribution in [0, 0.1) is 0 Å². The molecule has 0 saturated carbocycles. The summed E-state index contributed by atoms with van der Waals surface area (Å²) in [7, 11) is 0. The number of nitrogens with zero attached hydrogens (tertiary/aromatic N) is 5. The standard InChI is InChI=1S/C29H36N6O3/c1-19(2)22-14-20(9-11-30-22)28-33-24(18-38-28)27(36)32-23-17-35-16-21(8-10-29(3,4)37)31-26(35)15-25(23)34-12-6-5-7-13-34/h9,11,14-19,37H,5-8,10,12-13H2,1-4H3,(H,32,36). The van der Waals surface area contributed by atoms with Gasteiger partial charge in [-0.3, -0.25) is 9.78 Å². The highest BCUT2D eigenvalue weighted by molar-refractivity contribution is 6.04. The van der Waals surface area contributed by atoms with Crippen LogP contribution in [0.25, 0.3) is 17.1 Å². The monoisotopic (exact) mass is 516 g/mol. The lowest BCUT2D eigenvalue weighted by Crippen LogP contribution is -2.30. The predicted molar refractivity (Wildman–Crippen MR) is 148 cm³/mol. The molecule has 0 aromatic carbocycles. The second-order valence-electron chi connectivity index (χ2n) is 11.0. The van der Waals surface area contributed by atoms with Crippen LogP contribution in [0.15, 0.2) is 47.5 Å². The number of oxazole rings is 1. The molecule has 1 saturated heterocycles. The molecule has 5 rings (SSSR count). The van der Waals surface area contributed by atoms with E-state index in [0.29, 0.717) is 24.4 Å². The Kier molecular flexibility index (Phi) is 7.21. The molecule has 4 aromatic heterocycles. The molecule has 2 N–H and O–H groups in total. The van der Waals surface area contributed by atoms with Gasteiger partial charge in [-0.2, -0.15) is 0 Å². The van der Waals surface area contributed by atoms with Crippen LogP contribution >= 0.6 is 0 Å². The lowest BCUT2D eigenvalue weighted by Gasteiger charge is -2.30. The first kappa shape index (κ1) is 25.9. The van der Waals surface area contributed by atoms with Crippen molar-refractivity contribution in [3.8, 4) is 11.5 Å². The van der Waals surface area contributed by atoms with E-state index >= 15 is 0 Å². The number of hydrogen-bond acceptors (Lipinski definition) is 7. The minimum absolute atomic E-state index is 0.212. The van der Waals surface area contributed by atoms with Gasteiger partial charge in [-0.25, -0.2) is 9.97 Å². The number of fused-ring (bicyclic) bond motifs is 1. The van der Waals surface area contributed by atoms with Gasteiger partial charge in [0.1, 0.15) is 11.9 Å². The summed E-state index contributed by atoms with van der Waals surface area (Å²) >= 11 is 0. The van der Waals surface area contributed by atoms with Crippen molar-refractivity contribution >= 4 is 22.9 Å². The van der Waals surface area contributed by atoms with Crippen molar-refractivity contribution in [1.82, 2.24) is 19.4 Å². The number of hydrogen-bond donors (Lipinski definition) is 2. The number of pyridine rings is 2. The molecule has 9 heteroatoms. The van der Waals surface area contributed by atoms with Crippen molar-refractivity contribution in [2.24, 2.45) is 0 Å². The van der Waals surface area contributed by atoms with Gasteiger partial charge in [-0.15, -0.1) is 0 Å². The van der Waals surface area contributed by atoms with Gasteiger partial charge >= 0.3 is 0 Å². The van der Waals surface area contributed by atoms with Crippen LogP contribution in [0.2, 0.25) is 0 Å². The molecule has 0 bridgehead atoms. The first-order chi connectivity index (χ1) is 18.2. The second-order valence-corrected chi connectivity index (χ2v) is 11.0. The third-order valence-electron chi connectivity index (χ3n) is 6.92. The summed E-state index contributed by atoms with van der Waals surface area (Å²) in [5.41, 5.74) is 4.55. The lowest BCUT2D eigenvalue weighted by molar-refractivity contribution is 0.0711. The zero-order chi connectivity index (χ0) is 26.9. The molecule has 0 aliphatic carbocycles. The van der Waals surface area contributed by atoms with E-state index in [1.54, 1.807) is 20.0 Å². The van der Waals surface area contributed by atoms with E-state index in [1.807, 2.05) is 35.0 Å².